The van der Waals surface area contributed by atoms with E-state index in [-0.39, 0.29) is 31.1 Å². The van der Waals surface area contributed by atoms with Crippen molar-refractivity contribution in [3.05, 3.63) is 66.8 Å². The van der Waals surface area contributed by atoms with Gasteiger partial charge >= 0.3 is 23.9 Å². The van der Waals surface area contributed by atoms with Gasteiger partial charge < -0.3 is 38.8 Å². The number of benzene rings is 1. The molecule has 0 fully saturated rings. The minimum Gasteiger partial charge on any atom is -0.493 e. The van der Waals surface area contributed by atoms with Gasteiger partial charge in [-0.2, -0.15) is 0 Å². The molecule has 0 aliphatic carbocycles. The van der Waals surface area contributed by atoms with Crippen LogP contribution in [0.1, 0.15) is 195 Å². The molecule has 2 N–H and O–H groups in total. The minimum absolute atomic E-state index is 0.254. The highest BCUT2D eigenvalue weighted by molar-refractivity contribution is 5.96. The van der Waals surface area contributed by atoms with E-state index in [1.807, 2.05) is 0 Å². The second kappa shape index (κ2) is 43.1. The molecule has 0 saturated heterocycles. The Labute approximate surface area is 396 Å². The molecule has 66 heavy (non-hydrogen) atoms. The molecule has 0 aliphatic rings. The van der Waals surface area contributed by atoms with Crippen LogP contribution in [0.15, 0.2) is 50.1 Å². The molecule has 374 valence electrons. The fourth-order valence-corrected chi connectivity index (χ4v) is 7.31. The van der Waals surface area contributed by atoms with Crippen LogP contribution in [0.5, 0.6) is 5.75 Å². The summed E-state index contributed by atoms with van der Waals surface area (Å²) in [6, 6.07) is 3.50. The van der Waals surface area contributed by atoms with Crippen molar-refractivity contribution in [2.45, 2.75) is 187 Å². The van der Waals surface area contributed by atoms with E-state index in [9.17, 15) is 29.1 Å². The van der Waals surface area contributed by atoms with Crippen LogP contribution < -0.4 is 10.1 Å². The maximum Gasteiger partial charge on any atom is 0.330 e. The van der Waals surface area contributed by atoms with Crippen LogP contribution in [-0.2, 0) is 56.1 Å². The second-order valence-corrected chi connectivity index (χ2v) is 16.8. The van der Waals surface area contributed by atoms with Gasteiger partial charge in [-0.05, 0) is 50.7 Å². The first-order valence-corrected chi connectivity index (χ1v) is 25.0. The number of aliphatic carboxylic acids is 1. The molecule has 13 heteroatoms. The van der Waals surface area contributed by atoms with E-state index in [2.05, 4.69) is 25.1 Å². The number of amides is 1. The van der Waals surface area contributed by atoms with Gasteiger partial charge in [0.05, 0.1) is 39.6 Å². The van der Waals surface area contributed by atoms with Gasteiger partial charge in [0.25, 0.3) is 5.91 Å². The Bertz CT molecular complexity index is 1430. The van der Waals surface area contributed by atoms with Gasteiger partial charge in [-0.15, -0.1) is 0 Å². The number of rotatable bonds is 47. The largest absolute Gasteiger partial charge is 0.493 e. The maximum atomic E-state index is 13.2. The molecular formula is C53H85NO12. The highest BCUT2D eigenvalue weighted by atomic mass is 16.5. The molecule has 0 unspecified atom stereocenters. The van der Waals surface area contributed by atoms with Crippen LogP contribution >= 0.6 is 0 Å². The number of carbonyl (C=O) groups excluding carboxylic acids is 4. The molecule has 0 radical (unpaired) electrons. The summed E-state index contributed by atoms with van der Waals surface area (Å²) in [6.07, 6.45) is 32.4. The van der Waals surface area contributed by atoms with E-state index in [1.165, 1.54) is 31.1 Å². The quantitative estimate of drug-likeness (QED) is 0.0274. The monoisotopic (exact) mass is 928 g/mol. The Balaban J connectivity index is 2.71. The third-order valence-electron chi connectivity index (χ3n) is 11.1. The van der Waals surface area contributed by atoms with Crippen molar-refractivity contribution < 1.29 is 57.5 Å². The van der Waals surface area contributed by atoms with E-state index in [0.717, 1.165) is 172 Å². The van der Waals surface area contributed by atoms with Gasteiger partial charge in [-0.25, -0.2) is 14.4 Å². The molecule has 13 nitrogen and oxygen atoms in total. The van der Waals surface area contributed by atoms with E-state index in [0.29, 0.717) is 51.0 Å². The summed E-state index contributed by atoms with van der Waals surface area (Å²) < 4.78 is 34.0. The van der Waals surface area contributed by atoms with Crippen LogP contribution in [0, 0.1) is 0 Å². The summed E-state index contributed by atoms with van der Waals surface area (Å²) in [5.74, 6) is -2.03. The zero-order valence-electron chi connectivity index (χ0n) is 40.4. The zero-order chi connectivity index (χ0) is 48.1. The van der Waals surface area contributed by atoms with Crippen LogP contribution in [0.25, 0.3) is 0 Å². The lowest BCUT2D eigenvalue weighted by molar-refractivity contribution is -0.138. The fraction of sp³-hybridized carbons (Fsp3) is 0.679. The topological polar surface area (TPSA) is 173 Å². The number of hydrogen-bond donors (Lipinski definition) is 2. The first-order chi connectivity index (χ1) is 32.2. The smallest absolute Gasteiger partial charge is 0.330 e. The first kappa shape index (κ1) is 59.5. The average molecular weight is 928 g/mol. The molecule has 0 heterocycles. The number of esters is 3. The lowest BCUT2D eigenvalue weighted by Gasteiger charge is -2.19. The molecule has 0 atom stereocenters. The number of carboxylic acids is 1. The number of ether oxygens (including phenoxy) is 6. The summed E-state index contributed by atoms with van der Waals surface area (Å²) in [7, 11) is 0. The van der Waals surface area contributed by atoms with Gasteiger partial charge in [0.2, 0.25) is 0 Å². The van der Waals surface area contributed by atoms with Crippen LogP contribution in [0.2, 0.25) is 0 Å². The number of nitrogens with one attached hydrogen (secondary N) is 1. The highest BCUT2D eigenvalue weighted by Gasteiger charge is 2.18. The molecule has 0 saturated carbocycles. The molecule has 1 aromatic carbocycles. The number of carbonyl (C=O) groups is 5. The van der Waals surface area contributed by atoms with Crippen molar-refractivity contribution in [1.29, 1.82) is 0 Å². The SMILES string of the molecule is C=CC(=O)OCCCCCCCCCCCOCc1cc(C(=O)NCC(=O)O)cc(COCCCCCCCCCCCOC(=O)C=C)c1OCCCCCCCCCCCOC(=O)C=C. The maximum absolute atomic E-state index is 13.2. The van der Waals surface area contributed by atoms with Gasteiger partial charge in [0.1, 0.15) is 12.3 Å². The molecule has 0 spiro atoms. The van der Waals surface area contributed by atoms with E-state index in [1.54, 1.807) is 12.1 Å². The Hall–Kier alpha value is -4.49. The van der Waals surface area contributed by atoms with E-state index >= 15 is 0 Å². The Morgan fingerprint density at radius 2 is 0.727 bits per heavy atom. The van der Waals surface area contributed by atoms with Crippen LogP contribution in [0.4, 0.5) is 0 Å². The molecular weight excluding hydrogens is 843 g/mol. The van der Waals surface area contributed by atoms with Crippen molar-refractivity contribution in [3.63, 3.8) is 0 Å². The van der Waals surface area contributed by atoms with Crippen molar-refractivity contribution >= 4 is 29.8 Å². The standard InChI is InChI=1S/C53H85NO12/c1-4-49(57)63-36-30-24-18-12-7-10-16-22-28-34-61-43-46-40-45(53(60)54-42-48(55)56)41-47(44-62-35-29-23-17-11-8-13-19-25-31-37-64-50(58)5-2)52(46)66-39-33-27-21-15-9-14-20-26-32-38-65-51(59)6-3/h4-6,40-41H,1-3,7-39,42-44H2,(H,54,60)(H,55,56). The van der Waals surface area contributed by atoms with Crippen LogP contribution in [0.3, 0.4) is 0 Å². The zero-order valence-corrected chi connectivity index (χ0v) is 40.4. The molecule has 1 amide bonds. The van der Waals surface area contributed by atoms with Crippen molar-refractivity contribution in [1.82, 2.24) is 5.32 Å². The Kier molecular flexibility index (Phi) is 38.9. The lowest BCUT2D eigenvalue weighted by atomic mass is 10.0. The summed E-state index contributed by atoms with van der Waals surface area (Å²) in [5, 5.41) is 11.7. The predicted molar refractivity (Wildman–Crippen MR) is 259 cm³/mol. The summed E-state index contributed by atoms with van der Waals surface area (Å²) in [6.45, 7) is 13.2. The number of carboxylic acid groups (broad SMARTS) is 1. The summed E-state index contributed by atoms with van der Waals surface area (Å²) in [5.41, 5.74) is 1.83. The van der Waals surface area contributed by atoms with Gasteiger partial charge in [0.15, 0.2) is 0 Å². The molecule has 0 aromatic heterocycles. The average Bonchev–Trinajstić information content (AvgIpc) is 3.32. The van der Waals surface area contributed by atoms with Crippen molar-refractivity contribution in [2.24, 2.45) is 0 Å². The van der Waals surface area contributed by atoms with Crippen molar-refractivity contribution in [3.8, 4) is 5.75 Å². The van der Waals surface area contributed by atoms with E-state index in [4.69, 9.17) is 28.4 Å². The third-order valence-corrected chi connectivity index (χ3v) is 11.1. The second-order valence-electron chi connectivity index (χ2n) is 16.8. The first-order valence-electron chi connectivity index (χ1n) is 25.0. The highest BCUT2D eigenvalue weighted by Crippen LogP contribution is 2.29. The third kappa shape index (κ3) is 34.8. The molecule has 0 bridgehead atoms. The number of hydrogen-bond acceptors (Lipinski definition) is 11. The van der Waals surface area contributed by atoms with Gasteiger partial charge in [0, 0.05) is 48.1 Å². The number of unbranched alkanes of at least 4 members (excludes halogenated alkanes) is 24. The molecule has 1 aromatic rings. The minimum atomic E-state index is -1.12. The van der Waals surface area contributed by atoms with Gasteiger partial charge in [-0.3, -0.25) is 9.59 Å². The van der Waals surface area contributed by atoms with Crippen molar-refractivity contribution in [2.75, 3.05) is 46.2 Å². The van der Waals surface area contributed by atoms with E-state index < -0.39 is 18.4 Å². The van der Waals surface area contributed by atoms with Crippen LogP contribution in [-0.4, -0.2) is 81.1 Å². The summed E-state index contributed by atoms with van der Waals surface area (Å²) in [4.78, 5) is 57.9. The molecule has 0 aliphatic heterocycles. The normalized spacial score (nSPS) is 10.8. The molecule has 1 rings (SSSR count). The Morgan fingerprint density at radius 1 is 0.439 bits per heavy atom. The predicted octanol–water partition coefficient (Wildman–Crippen LogP) is 11.6. The van der Waals surface area contributed by atoms with Gasteiger partial charge in [-0.1, -0.05) is 155 Å². The Morgan fingerprint density at radius 3 is 1.03 bits per heavy atom. The summed E-state index contributed by atoms with van der Waals surface area (Å²) >= 11 is 0. The lowest BCUT2D eigenvalue weighted by Crippen LogP contribution is -2.29. The fourth-order valence-electron chi connectivity index (χ4n) is 7.31.